The van der Waals surface area contributed by atoms with Gasteiger partial charge in [0.2, 0.25) is 5.91 Å². The number of H-pyrrole nitrogens is 1. The van der Waals surface area contributed by atoms with E-state index in [1.54, 1.807) is 12.1 Å². The van der Waals surface area contributed by atoms with Crippen molar-refractivity contribution in [1.82, 2.24) is 20.3 Å². The molecule has 186 valence electrons. The summed E-state index contributed by atoms with van der Waals surface area (Å²) in [6.07, 6.45) is 0.793. The largest absolute Gasteiger partial charge is 0.586 e. The summed E-state index contributed by atoms with van der Waals surface area (Å²) in [6.45, 7) is 0.283. The Balaban J connectivity index is 1.37. The fourth-order valence-electron chi connectivity index (χ4n) is 4.45. The Bertz CT molecular complexity index is 1410. The second-order valence-corrected chi connectivity index (χ2v) is 10.9. The molecule has 13 heteroatoms. The van der Waals surface area contributed by atoms with Gasteiger partial charge in [0.05, 0.1) is 16.8 Å². The number of halogens is 2. The number of amides is 1. The molecule has 0 saturated carbocycles. The number of hydrogen-bond acceptors (Lipinski definition) is 8. The lowest BCUT2D eigenvalue weighted by Crippen LogP contribution is -2.35. The number of fused-ring (bicyclic) bond motifs is 4. The summed E-state index contributed by atoms with van der Waals surface area (Å²) >= 11 is 0. The quantitative estimate of drug-likeness (QED) is 0.416. The first-order valence-corrected chi connectivity index (χ1v) is 13.1. The first kappa shape index (κ1) is 23.3. The molecule has 3 N–H and O–H groups in total. The maximum Gasteiger partial charge on any atom is 0.586 e. The van der Waals surface area contributed by atoms with Gasteiger partial charge in [-0.05, 0) is 43.4 Å². The molecule has 0 fully saturated rings. The van der Waals surface area contributed by atoms with E-state index < -0.39 is 16.1 Å². The number of alkyl halides is 2. The molecule has 0 saturated heterocycles. The highest BCUT2D eigenvalue weighted by molar-refractivity contribution is 7.90. The van der Waals surface area contributed by atoms with E-state index in [1.165, 1.54) is 12.4 Å². The Morgan fingerprint density at radius 1 is 1.29 bits per heavy atom. The predicted octanol–water partition coefficient (Wildman–Crippen LogP) is 2.68. The average Bonchev–Trinajstić information content (AvgIpc) is 3.32. The van der Waals surface area contributed by atoms with E-state index in [0.717, 1.165) is 17.5 Å². The normalized spacial score (nSPS) is 18.3. The van der Waals surface area contributed by atoms with Crippen molar-refractivity contribution in [3.05, 3.63) is 35.8 Å². The Morgan fingerprint density at radius 3 is 2.91 bits per heavy atom. The van der Waals surface area contributed by atoms with Crippen LogP contribution in [0.15, 0.2) is 24.5 Å². The van der Waals surface area contributed by atoms with Crippen LogP contribution in [0.3, 0.4) is 0 Å². The molecule has 3 aromatic rings. The third-order valence-electron chi connectivity index (χ3n) is 6.02. The zero-order valence-electron chi connectivity index (χ0n) is 18.7. The van der Waals surface area contributed by atoms with E-state index in [-0.39, 0.29) is 41.3 Å². The van der Waals surface area contributed by atoms with Crippen molar-refractivity contribution in [3.63, 3.8) is 0 Å². The number of anilines is 2. The van der Waals surface area contributed by atoms with Crippen LogP contribution < -0.4 is 20.1 Å². The van der Waals surface area contributed by atoms with Gasteiger partial charge in [-0.15, -0.1) is 8.78 Å². The minimum Gasteiger partial charge on any atom is -0.395 e. The van der Waals surface area contributed by atoms with Gasteiger partial charge in [0.1, 0.15) is 27.6 Å². The molecule has 2 aliphatic rings. The highest BCUT2D eigenvalue weighted by atomic mass is 32.2. The van der Waals surface area contributed by atoms with Crippen molar-refractivity contribution in [3.8, 4) is 11.5 Å². The molecule has 0 radical (unpaired) electrons. The van der Waals surface area contributed by atoms with Crippen molar-refractivity contribution in [1.29, 1.82) is 0 Å². The van der Waals surface area contributed by atoms with Crippen LogP contribution in [0.25, 0.3) is 11.0 Å². The molecular formula is C22H23F2N5O5S. The molecule has 5 rings (SSSR count). The van der Waals surface area contributed by atoms with E-state index in [4.69, 9.17) is 0 Å². The second kappa shape index (κ2) is 8.63. The van der Waals surface area contributed by atoms with Crippen molar-refractivity contribution >= 4 is 38.3 Å². The fourth-order valence-corrected chi connectivity index (χ4v) is 5.11. The standard InChI is InChI=1S/C22H23F2N5O5S/c1-35(31,32)9-3-8-25-21(30)12-6-7-14-13(10-12)17-19(28-14)26-11-27-20(17)29-15-4-2-5-16-18(15)34-22(23,24)33-16/h2,4-5,11-12H,3,6-10H2,1H3,(H,25,30)(H2,26,27,28,29)/t12-/m0/s1. The highest BCUT2D eigenvalue weighted by Crippen LogP contribution is 2.47. The molecule has 1 aromatic carbocycles. The van der Waals surface area contributed by atoms with Crippen LogP contribution in [-0.2, 0) is 27.5 Å². The smallest absolute Gasteiger partial charge is 0.395 e. The first-order valence-electron chi connectivity index (χ1n) is 11.1. The summed E-state index contributed by atoms with van der Waals surface area (Å²) in [5, 5.41) is 6.55. The van der Waals surface area contributed by atoms with Crippen LogP contribution in [-0.4, -0.2) is 54.1 Å². The highest BCUT2D eigenvalue weighted by Gasteiger charge is 2.44. The van der Waals surface area contributed by atoms with Gasteiger partial charge in [-0.1, -0.05) is 6.07 Å². The van der Waals surface area contributed by atoms with Gasteiger partial charge in [-0.3, -0.25) is 4.79 Å². The molecule has 0 unspecified atom stereocenters. The zero-order chi connectivity index (χ0) is 24.8. The number of sulfone groups is 1. The van der Waals surface area contributed by atoms with Gasteiger partial charge in [0.15, 0.2) is 11.5 Å². The van der Waals surface area contributed by atoms with Gasteiger partial charge in [0.25, 0.3) is 0 Å². The van der Waals surface area contributed by atoms with Crippen molar-refractivity contribution in [2.45, 2.75) is 32.0 Å². The number of aromatic amines is 1. The van der Waals surface area contributed by atoms with Gasteiger partial charge in [-0.25, -0.2) is 18.4 Å². The number of carbonyl (C=O) groups is 1. The Hall–Kier alpha value is -3.48. The molecule has 1 aliphatic carbocycles. The molecule has 1 aliphatic heterocycles. The minimum absolute atomic E-state index is 0.0147. The first-order chi connectivity index (χ1) is 16.6. The number of para-hydroxylation sites is 1. The van der Waals surface area contributed by atoms with Crippen molar-refractivity contribution < 1.29 is 31.5 Å². The summed E-state index contributed by atoms with van der Waals surface area (Å²) in [5.74, 6) is -0.258. The maximum absolute atomic E-state index is 13.6. The molecule has 35 heavy (non-hydrogen) atoms. The topological polar surface area (TPSA) is 135 Å². The Kier molecular flexibility index (Phi) is 5.74. The molecule has 1 atom stereocenters. The summed E-state index contributed by atoms with van der Waals surface area (Å²) in [4.78, 5) is 24.6. The number of carbonyl (C=O) groups excluding carboxylic acids is 1. The molecule has 10 nitrogen and oxygen atoms in total. The lowest BCUT2D eigenvalue weighted by Gasteiger charge is -2.22. The van der Waals surface area contributed by atoms with Crippen LogP contribution in [0.1, 0.15) is 24.1 Å². The number of benzene rings is 1. The van der Waals surface area contributed by atoms with Crippen LogP contribution in [0.2, 0.25) is 0 Å². The van der Waals surface area contributed by atoms with Gasteiger partial charge in [-0.2, -0.15) is 0 Å². The molecule has 1 amide bonds. The number of ether oxygens (including phenoxy) is 2. The molecule has 3 heterocycles. The second-order valence-electron chi connectivity index (χ2n) is 8.67. The predicted molar refractivity (Wildman–Crippen MR) is 123 cm³/mol. The molecular weight excluding hydrogens is 484 g/mol. The summed E-state index contributed by atoms with van der Waals surface area (Å²) in [7, 11) is -3.08. The van der Waals surface area contributed by atoms with Gasteiger partial charge < -0.3 is 25.1 Å². The number of nitrogens with zero attached hydrogens (tertiary/aromatic N) is 2. The van der Waals surface area contributed by atoms with Crippen LogP contribution >= 0.6 is 0 Å². The van der Waals surface area contributed by atoms with E-state index in [9.17, 15) is 22.0 Å². The number of hydrogen-bond donors (Lipinski definition) is 3. The lowest BCUT2D eigenvalue weighted by molar-refractivity contribution is -0.286. The number of aryl methyl sites for hydroxylation is 1. The SMILES string of the molecule is CS(=O)(=O)CCCNC(=O)[C@H]1CCc2[nH]c3ncnc(Nc4cccc5c4OC(F)(F)O5)c3c2C1. The summed E-state index contributed by atoms with van der Waals surface area (Å²) < 4.78 is 58.9. The summed E-state index contributed by atoms with van der Waals surface area (Å²) in [5.41, 5.74) is 2.64. The lowest BCUT2D eigenvalue weighted by atomic mass is 9.86. The van der Waals surface area contributed by atoms with Crippen LogP contribution in [0, 0.1) is 5.92 Å². The average molecular weight is 508 g/mol. The number of nitrogens with one attached hydrogen (secondary N) is 3. The minimum atomic E-state index is -3.75. The number of aromatic nitrogens is 3. The Morgan fingerprint density at radius 2 is 2.11 bits per heavy atom. The molecule has 2 aromatic heterocycles. The third kappa shape index (κ3) is 4.85. The zero-order valence-corrected chi connectivity index (χ0v) is 19.5. The van der Waals surface area contributed by atoms with E-state index in [2.05, 4.69) is 35.1 Å². The number of rotatable bonds is 7. The molecule has 0 spiro atoms. The molecule has 0 bridgehead atoms. The maximum atomic E-state index is 13.6. The van der Waals surface area contributed by atoms with E-state index >= 15 is 0 Å². The fraction of sp³-hybridized carbons (Fsp3) is 0.409. The van der Waals surface area contributed by atoms with Gasteiger partial charge >= 0.3 is 6.29 Å². The van der Waals surface area contributed by atoms with Crippen LogP contribution in [0.5, 0.6) is 11.5 Å². The van der Waals surface area contributed by atoms with E-state index in [1.807, 2.05) is 0 Å². The third-order valence-corrected chi connectivity index (χ3v) is 7.05. The Labute approximate surface area is 199 Å². The van der Waals surface area contributed by atoms with Gasteiger partial charge in [0, 0.05) is 24.4 Å². The van der Waals surface area contributed by atoms with E-state index in [0.29, 0.717) is 42.5 Å². The van der Waals surface area contributed by atoms with Crippen molar-refractivity contribution in [2.75, 3.05) is 23.9 Å². The summed E-state index contributed by atoms with van der Waals surface area (Å²) in [6, 6.07) is 4.51. The monoisotopic (exact) mass is 507 g/mol. The van der Waals surface area contributed by atoms with Crippen molar-refractivity contribution in [2.24, 2.45) is 5.92 Å². The van der Waals surface area contributed by atoms with Crippen LogP contribution in [0.4, 0.5) is 20.3 Å².